The number of hydrogen-bond donors (Lipinski definition) is 0. The molecular weight excluding hydrogens is 224 g/mol. The molecule has 0 bridgehead atoms. The third kappa shape index (κ3) is 1.57. The van der Waals surface area contributed by atoms with Crippen LogP contribution >= 0.6 is 0 Å². The van der Waals surface area contributed by atoms with Crippen LogP contribution in [0.15, 0.2) is 27.4 Å². The monoisotopic (exact) mass is 232 g/mol. The summed E-state index contributed by atoms with van der Waals surface area (Å²) in [6.07, 6.45) is 1.91. The first-order valence-electron chi connectivity index (χ1n) is 5.25. The molecule has 1 aromatic carbocycles. The highest BCUT2D eigenvalue weighted by molar-refractivity contribution is 5.86. The Balaban J connectivity index is 2.34. The summed E-state index contributed by atoms with van der Waals surface area (Å²) >= 11 is 0. The summed E-state index contributed by atoms with van der Waals surface area (Å²) in [5.74, 6) is 0.592. The molecule has 0 N–H and O–H groups in total. The van der Waals surface area contributed by atoms with Gasteiger partial charge in [-0.25, -0.2) is 9.78 Å². The normalized spacial score (nSPS) is 15.1. The molecule has 0 saturated heterocycles. The van der Waals surface area contributed by atoms with E-state index in [4.69, 9.17) is 4.42 Å². The van der Waals surface area contributed by atoms with Crippen molar-refractivity contribution in [2.75, 3.05) is 0 Å². The lowest BCUT2D eigenvalue weighted by atomic mass is 10.2. The van der Waals surface area contributed by atoms with E-state index < -0.39 is 10.5 Å². The van der Waals surface area contributed by atoms with Gasteiger partial charge in [-0.1, -0.05) is 6.07 Å². The number of nitrogens with zero attached hydrogens (tertiary/aromatic N) is 2. The highest BCUT2D eigenvalue weighted by atomic mass is 16.6. The SMILES string of the molecule is O=c1oc(C2CC2)nc2cccc([N+](=O)[O-])c12. The fraction of sp³-hybridized carbons (Fsp3) is 0.273. The molecule has 1 heterocycles. The molecule has 1 aromatic heterocycles. The number of aromatic nitrogens is 1. The fourth-order valence-electron chi connectivity index (χ4n) is 1.78. The Hall–Kier alpha value is -2.24. The van der Waals surface area contributed by atoms with Crippen molar-refractivity contribution in [3.8, 4) is 0 Å². The predicted octanol–water partition coefficient (Wildman–Crippen LogP) is 1.97. The average Bonchev–Trinajstić information content (AvgIpc) is 3.11. The first-order valence-corrected chi connectivity index (χ1v) is 5.25. The summed E-state index contributed by atoms with van der Waals surface area (Å²) in [7, 11) is 0. The zero-order chi connectivity index (χ0) is 12.0. The number of fused-ring (bicyclic) bond motifs is 1. The Labute approximate surface area is 95.0 Å². The van der Waals surface area contributed by atoms with Gasteiger partial charge in [0.05, 0.1) is 10.4 Å². The molecule has 6 nitrogen and oxygen atoms in total. The van der Waals surface area contributed by atoms with Crippen molar-refractivity contribution in [3.63, 3.8) is 0 Å². The number of hydrogen-bond acceptors (Lipinski definition) is 5. The molecule has 0 amide bonds. The van der Waals surface area contributed by atoms with Crippen molar-refractivity contribution in [2.45, 2.75) is 18.8 Å². The van der Waals surface area contributed by atoms with E-state index >= 15 is 0 Å². The van der Waals surface area contributed by atoms with Gasteiger partial charge in [0.15, 0.2) is 5.39 Å². The van der Waals surface area contributed by atoms with E-state index in [1.54, 1.807) is 6.07 Å². The van der Waals surface area contributed by atoms with Gasteiger partial charge in [0.1, 0.15) is 0 Å². The third-order valence-corrected chi connectivity index (χ3v) is 2.78. The van der Waals surface area contributed by atoms with Gasteiger partial charge in [0, 0.05) is 12.0 Å². The minimum absolute atomic E-state index is 0.0538. The summed E-state index contributed by atoms with van der Waals surface area (Å²) < 4.78 is 5.03. The molecule has 86 valence electrons. The van der Waals surface area contributed by atoms with Crippen LogP contribution in [0.3, 0.4) is 0 Å². The molecule has 3 rings (SSSR count). The number of rotatable bonds is 2. The second kappa shape index (κ2) is 3.38. The molecule has 0 unspecified atom stereocenters. The van der Waals surface area contributed by atoms with Gasteiger partial charge < -0.3 is 4.42 Å². The lowest BCUT2D eigenvalue weighted by Gasteiger charge is -2.00. The lowest BCUT2D eigenvalue weighted by Crippen LogP contribution is -2.07. The smallest absolute Gasteiger partial charge is 0.353 e. The number of nitro benzene ring substituents is 1. The first-order chi connectivity index (χ1) is 8.16. The summed E-state index contributed by atoms with van der Waals surface area (Å²) in [6, 6.07) is 4.38. The van der Waals surface area contributed by atoms with E-state index in [0.29, 0.717) is 11.4 Å². The van der Waals surface area contributed by atoms with E-state index in [9.17, 15) is 14.9 Å². The zero-order valence-electron chi connectivity index (χ0n) is 8.75. The van der Waals surface area contributed by atoms with Crippen molar-refractivity contribution in [3.05, 3.63) is 44.6 Å². The molecule has 0 spiro atoms. The Bertz CT molecular complexity index is 673. The van der Waals surface area contributed by atoms with Crippen LogP contribution in [-0.2, 0) is 0 Å². The Kier molecular flexibility index (Phi) is 1.98. The molecular formula is C11H8N2O4. The maximum Gasteiger partial charge on any atom is 0.353 e. The van der Waals surface area contributed by atoms with Crippen LogP contribution in [-0.4, -0.2) is 9.91 Å². The fourth-order valence-corrected chi connectivity index (χ4v) is 1.78. The second-order valence-corrected chi connectivity index (χ2v) is 4.04. The van der Waals surface area contributed by atoms with Gasteiger partial charge in [-0.15, -0.1) is 0 Å². The van der Waals surface area contributed by atoms with E-state index in [1.165, 1.54) is 12.1 Å². The maximum absolute atomic E-state index is 11.7. The molecule has 2 aromatic rings. The van der Waals surface area contributed by atoms with E-state index in [0.717, 1.165) is 12.8 Å². The van der Waals surface area contributed by atoms with Crippen molar-refractivity contribution in [1.29, 1.82) is 0 Å². The molecule has 1 aliphatic rings. The van der Waals surface area contributed by atoms with Crippen molar-refractivity contribution in [2.24, 2.45) is 0 Å². The van der Waals surface area contributed by atoms with E-state index in [2.05, 4.69) is 4.98 Å². The van der Waals surface area contributed by atoms with Crippen molar-refractivity contribution in [1.82, 2.24) is 4.98 Å². The van der Waals surface area contributed by atoms with Crippen LogP contribution in [0, 0.1) is 10.1 Å². The number of benzene rings is 1. The summed E-state index contributed by atoms with van der Waals surface area (Å²) in [6.45, 7) is 0. The minimum atomic E-state index is -0.677. The van der Waals surface area contributed by atoms with Gasteiger partial charge in [-0.2, -0.15) is 0 Å². The van der Waals surface area contributed by atoms with Crippen LogP contribution in [0.2, 0.25) is 0 Å². The summed E-state index contributed by atoms with van der Waals surface area (Å²) in [4.78, 5) is 26.1. The molecule has 0 radical (unpaired) electrons. The molecule has 1 aliphatic carbocycles. The van der Waals surface area contributed by atoms with Crippen molar-refractivity contribution < 1.29 is 9.34 Å². The van der Waals surface area contributed by atoms with Crippen molar-refractivity contribution >= 4 is 16.6 Å². The standard InChI is InChI=1S/C11H8N2O4/c14-11-9-7(2-1-3-8(9)13(15)16)12-10(17-11)6-4-5-6/h1-3,6H,4-5H2. The van der Waals surface area contributed by atoms with Gasteiger partial charge in [0.25, 0.3) is 5.69 Å². The topological polar surface area (TPSA) is 86.2 Å². The molecule has 0 atom stereocenters. The predicted molar refractivity (Wildman–Crippen MR) is 58.9 cm³/mol. The Morgan fingerprint density at radius 3 is 2.82 bits per heavy atom. The molecule has 1 saturated carbocycles. The van der Waals surface area contributed by atoms with E-state index in [-0.39, 0.29) is 17.0 Å². The number of nitro groups is 1. The highest BCUT2D eigenvalue weighted by Crippen LogP contribution is 2.39. The minimum Gasteiger partial charge on any atom is -0.407 e. The van der Waals surface area contributed by atoms with E-state index in [1.807, 2.05) is 0 Å². The van der Waals surface area contributed by atoms with Gasteiger partial charge in [-0.05, 0) is 18.9 Å². The highest BCUT2D eigenvalue weighted by Gasteiger charge is 2.29. The lowest BCUT2D eigenvalue weighted by molar-refractivity contribution is -0.383. The third-order valence-electron chi connectivity index (χ3n) is 2.78. The number of non-ortho nitro benzene ring substituents is 1. The quantitative estimate of drug-likeness (QED) is 0.583. The maximum atomic E-state index is 11.7. The second-order valence-electron chi connectivity index (χ2n) is 4.04. The summed E-state index contributed by atoms with van der Waals surface area (Å²) in [5.41, 5.74) is -0.604. The molecule has 1 fully saturated rings. The average molecular weight is 232 g/mol. The Morgan fingerprint density at radius 2 is 2.18 bits per heavy atom. The zero-order valence-corrected chi connectivity index (χ0v) is 8.75. The largest absolute Gasteiger partial charge is 0.407 e. The van der Waals surface area contributed by atoms with Crippen LogP contribution in [0.25, 0.3) is 10.9 Å². The summed E-state index contributed by atoms with van der Waals surface area (Å²) in [5, 5.41) is 10.7. The van der Waals surface area contributed by atoms with Gasteiger partial charge in [0.2, 0.25) is 5.89 Å². The molecule has 0 aliphatic heterocycles. The Morgan fingerprint density at radius 1 is 1.41 bits per heavy atom. The van der Waals surface area contributed by atoms with Gasteiger partial charge >= 0.3 is 5.63 Å². The van der Waals surface area contributed by atoms with Crippen LogP contribution in [0.1, 0.15) is 24.7 Å². The van der Waals surface area contributed by atoms with Crippen LogP contribution < -0.4 is 5.63 Å². The molecule has 17 heavy (non-hydrogen) atoms. The van der Waals surface area contributed by atoms with Crippen LogP contribution in [0.4, 0.5) is 5.69 Å². The molecule has 6 heteroatoms. The van der Waals surface area contributed by atoms with Crippen LogP contribution in [0.5, 0.6) is 0 Å². The van der Waals surface area contributed by atoms with Gasteiger partial charge in [-0.3, -0.25) is 10.1 Å². The first kappa shape index (κ1) is 9.95.